The molecule has 49 heavy (non-hydrogen) atoms. The summed E-state index contributed by atoms with van der Waals surface area (Å²) in [6.07, 6.45) is 7.59. The molecule has 262 valence electrons. The van der Waals surface area contributed by atoms with Crippen LogP contribution in [0, 0.1) is 11.6 Å². The van der Waals surface area contributed by atoms with Crippen molar-refractivity contribution in [2.24, 2.45) is 0 Å². The van der Waals surface area contributed by atoms with Gasteiger partial charge in [-0.15, -0.1) is 0 Å². The number of hydrogen-bond donors (Lipinski definition) is 1. The van der Waals surface area contributed by atoms with E-state index in [1.165, 1.54) is 12.4 Å². The van der Waals surface area contributed by atoms with Crippen molar-refractivity contribution in [2.75, 3.05) is 42.6 Å². The third-order valence-corrected chi connectivity index (χ3v) is 9.50. The number of aromatic nitrogens is 4. The van der Waals surface area contributed by atoms with Crippen molar-refractivity contribution in [1.29, 1.82) is 0 Å². The van der Waals surface area contributed by atoms with Crippen molar-refractivity contribution in [1.82, 2.24) is 30.3 Å². The van der Waals surface area contributed by atoms with Gasteiger partial charge in [-0.1, -0.05) is 5.16 Å². The zero-order chi connectivity index (χ0) is 34.3. The Kier molecular flexibility index (Phi) is 9.11. The number of hydrogen-bond acceptors (Lipinski definition) is 11. The smallest absolute Gasteiger partial charge is 0.407 e. The van der Waals surface area contributed by atoms with Crippen molar-refractivity contribution in [2.45, 2.75) is 95.0 Å². The van der Waals surface area contributed by atoms with E-state index < -0.39 is 35.3 Å². The highest BCUT2D eigenvalue weighted by molar-refractivity contribution is 5.94. The second kappa shape index (κ2) is 13.5. The number of nitrogens with zero attached hydrogens (tertiary/aromatic N) is 7. The lowest BCUT2D eigenvalue weighted by Gasteiger charge is -2.38. The summed E-state index contributed by atoms with van der Waals surface area (Å²) in [5.74, 6) is -0.948. The van der Waals surface area contributed by atoms with Crippen LogP contribution in [0.25, 0.3) is 0 Å². The van der Waals surface area contributed by atoms with Gasteiger partial charge < -0.3 is 34.0 Å². The predicted molar refractivity (Wildman–Crippen MR) is 173 cm³/mol. The molecule has 2 amide bonds. The number of benzene rings is 1. The highest BCUT2D eigenvalue weighted by Crippen LogP contribution is 2.36. The highest BCUT2D eigenvalue weighted by Gasteiger charge is 2.41. The minimum atomic E-state index is -0.735. The van der Waals surface area contributed by atoms with Crippen LogP contribution in [0.15, 0.2) is 35.1 Å². The van der Waals surface area contributed by atoms with Crippen molar-refractivity contribution < 1.29 is 32.4 Å². The third-order valence-electron chi connectivity index (χ3n) is 9.50. The van der Waals surface area contributed by atoms with E-state index in [2.05, 4.69) is 30.3 Å². The monoisotopic (exact) mass is 680 g/mol. The molecule has 1 unspecified atom stereocenters. The number of rotatable bonds is 8. The van der Waals surface area contributed by atoms with Crippen LogP contribution in [0.2, 0.25) is 0 Å². The molecule has 3 aromatic rings. The number of piperidine rings is 1. The largest absolute Gasteiger partial charge is 0.444 e. The van der Waals surface area contributed by atoms with Gasteiger partial charge in [0.1, 0.15) is 23.3 Å². The SMILES string of the molecule is CC(C)(C)OC(=O)N[C@H]1CN(c2ncc(C(=O)N(C3CC3)C3CCN(c4nc(C5CCCO5)no4)CC3)cn2)C[C@@H]1c1cc(F)ccc1F. The van der Waals surface area contributed by atoms with E-state index in [0.29, 0.717) is 43.0 Å². The maximum Gasteiger partial charge on any atom is 0.407 e. The molecule has 3 aliphatic heterocycles. The molecule has 3 atom stereocenters. The summed E-state index contributed by atoms with van der Waals surface area (Å²) >= 11 is 0. The number of alkyl carbamates (subject to hydrolysis) is 1. The molecule has 1 aliphatic carbocycles. The van der Waals surface area contributed by atoms with Crippen molar-refractivity contribution in [3.63, 3.8) is 0 Å². The topological polar surface area (TPSA) is 139 Å². The molecule has 4 aliphatic rings. The Balaban J connectivity index is 1.02. The summed E-state index contributed by atoms with van der Waals surface area (Å²) in [6, 6.07) is 3.41. The van der Waals surface area contributed by atoms with Gasteiger partial charge in [-0.25, -0.2) is 23.5 Å². The van der Waals surface area contributed by atoms with E-state index in [-0.39, 0.29) is 42.7 Å². The van der Waals surface area contributed by atoms with Gasteiger partial charge in [-0.3, -0.25) is 4.79 Å². The van der Waals surface area contributed by atoms with Crippen LogP contribution < -0.4 is 15.1 Å². The molecule has 1 N–H and O–H groups in total. The first-order valence-electron chi connectivity index (χ1n) is 17.1. The normalized spacial score (nSPS) is 23.2. The summed E-state index contributed by atoms with van der Waals surface area (Å²) in [5.41, 5.74) is -0.211. The second-order valence-corrected chi connectivity index (χ2v) is 14.3. The minimum Gasteiger partial charge on any atom is -0.444 e. The van der Waals surface area contributed by atoms with Crippen LogP contribution in [0.5, 0.6) is 0 Å². The lowest BCUT2D eigenvalue weighted by atomic mass is 9.94. The Morgan fingerprint density at radius 2 is 1.73 bits per heavy atom. The molecule has 5 heterocycles. The predicted octanol–water partition coefficient (Wildman–Crippen LogP) is 4.76. The fourth-order valence-electron chi connectivity index (χ4n) is 7.01. The zero-order valence-electron chi connectivity index (χ0n) is 28.0. The lowest BCUT2D eigenvalue weighted by Crippen LogP contribution is -2.48. The van der Waals surface area contributed by atoms with Crippen LogP contribution in [0.3, 0.4) is 0 Å². The summed E-state index contributed by atoms with van der Waals surface area (Å²) < 4.78 is 45.8. The van der Waals surface area contributed by atoms with Gasteiger partial charge in [0.25, 0.3) is 5.91 Å². The van der Waals surface area contributed by atoms with E-state index in [1.54, 1.807) is 25.7 Å². The first-order valence-corrected chi connectivity index (χ1v) is 17.1. The van der Waals surface area contributed by atoms with Gasteiger partial charge in [0.15, 0.2) is 0 Å². The summed E-state index contributed by atoms with van der Waals surface area (Å²) in [4.78, 5) is 46.1. The van der Waals surface area contributed by atoms with Gasteiger partial charge in [-0.2, -0.15) is 4.98 Å². The molecule has 0 bridgehead atoms. The molecule has 7 rings (SSSR count). The van der Waals surface area contributed by atoms with E-state index in [9.17, 15) is 18.4 Å². The molecule has 2 aromatic heterocycles. The quantitative estimate of drug-likeness (QED) is 0.352. The Labute approximate surface area is 283 Å². The van der Waals surface area contributed by atoms with Crippen molar-refractivity contribution in [3.05, 3.63) is 59.2 Å². The first kappa shape index (κ1) is 33.1. The van der Waals surface area contributed by atoms with Gasteiger partial charge in [0.2, 0.25) is 11.8 Å². The summed E-state index contributed by atoms with van der Waals surface area (Å²) in [6.45, 7) is 7.78. The Morgan fingerprint density at radius 3 is 2.41 bits per heavy atom. The van der Waals surface area contributed by atoms with E-state index >= 15 is 0 Å². The van der Waals surface area contributed by atoms with Gasteiger partial charge in [0, 0.05) is 63.2 Å². The molecular formula is C34H42F2N8O5. The van der Waals surface area contributed by atoms with Crippen molar-refractivity contribution >= 4 is 24.0 Å². The molecular weight excluding hydrogens is 638 g/mol. The maximum absolute atomic E-state index is 14.9. The number of carbonyl (C=O) groups excluding carboxylic acids is 2. The van der Waals surface area contributed by atoms with E-state index in [4.69, 9.17) is 14.0 Å². The summed E-state index contributed by atoms with van der Waals surface area (Å²) in [7, 11) is 0. The third kappa shape index (κ3) is 7.46. The molecule has 15 heteroatoms. The Bertz CT molecular complexity index is 1650. The van der Waals surface area contributed by atoms with Gasteiger partial charge in [0.05, 0.1) is 11.6 Å². The number of ether oxygens (including phenoxy) is 2. The first-order chi connectivity index (χ1) is 23.5. The molecule has 3 saturated heterocycles. The average molecular weight is 681 g/mol. The highest BCUT2D eigenvalue weighted by atomic mass is 19.1. The van der Waals surface area contributed by atoms with E-state index in [0.717, 1.165) is 56.7 Å². The Morgan fingerprint density at radius 1 is 1.00 bits per heavy atom. The fraction of sp³-hybridized carbons (Fsp3) is 0.588. The molecule has 4 fully saturated rings. The van der Waals surface area contributed by atoms with Crippen LogP contribution >= 0.6 is 0 Å². The molecule has 0 radical (unpaired) electrons. The average Bonchev–Trinajstić information content (AvgIpc) is 3.43. The minimum absolute atomic E-state index is 0.0525. The number of carbonyl (C=O) groups is 2. The van der Waals surface area contributed by atoms with Crippen LogP contribution in [0.4, 0.5) is 25.5 Å². The molecule has 1 aromatic carbocycles. The second-order valence-electron chi connectivity index (χ2n) is 14.3. The molecule has 0 spiro atoms. The molecule has 1 saturated carbocycles. The Hall–Kier alpha value is -4.40. The van der Waals surface area contributed by atoms with Crippen LogP contribution in [0.1, 0.15) is 93.1 Å². The van der Waals surface area contributed by atoms with Gasteiger partial charge >= 0.3 is 12.1 Å². The maximum atomic E-state index is 14.9. The molecule has 13 nitrogen and oxygen atoms in total. The standard InChI is InChI=1S/C34H42F2N8O5/c1-34(2,3)48-33(46)39-27-19-43(18-25(27)24-15-21(35)6-9-26(24)36)31-37-16-20(17-38-31)30(45)44(22-7-8-22)23-10-12-42(13-11-23)32-40-29(41-49-32)28-5-4-14-47-28/h6,9,15-17,22-23,25,27-28H,4-5,7-8,10-14,18-19H2,1-3H3,(H,39,46)/t25-,27+,28?/m1/s1. The lowest BCUT2D eigenvalue weighted by molar-refractivity contribution is 0.0503. The van der Waals surface area contributed by atoms with Gasteiger partial charge in [-0.05, 0) is 83.1 Å². The summed E-state index contributed by atoms with van der Waals surface area (Å²) in [5, 5.41) is 6.96. The fourth-order valence-corrected chi connectivity index (χ4v) is 7.01. The van der Waals surface area contributed by atoms with Crippen molar-refractivity contribution in [3.8, 4) is 0 Å². The number of anilines is 2. The number of amides is 2. The zero-order valence-corrected chi connectivity index (χ0v) is 28.0. The van der Waals surface area contributed by atoms with Crippen LogP contribution in [-0.4, -0.2) is 93.5 Å². The van der Waals surface area contributed by atoms with E-state index in [1.807, 2.05) is 4.90 Å². The van der Waals surface area contributed by atoms with Crippen LogP contribution in [-0.2, 0) is 9.47 Å². The number of nitrogens with one attached hydrogen (secondary N) is 1. The number of halogens is 2.